The van der Waals surface area contributed by atoms with E-state index in [9.17, 15) is 9.59 Å². The first-order chi connectivity index (χ1) is 12.5. The molecule has 0 aliphatic rings. The number of rotatable bonds is 5. The summed E-state index contributed by atoms with van der Waals surface area (Å²) in [4.78, 5) is 24.1. The van der Waals surface area contributed by atoms with Crippen LogP contribution in [0.15, 0.2) is 74.7 Å². The van der Waals surface area contributed by atoms with Gasteiger partial charge in [-0.05, 0) is 51.8 Å². The molecule has 0 fully saturated rings. The number of hydrogen-bond donors (Lipinski definition) is 1. The number of carbonyl (C=O) groups is 1. The van der Waals surface area contributed by atoms with Crippen molar-refractivity contribution in [2.24, 2.45) is 0 Å². The number of anilines is 1. The van der Waals surface area contributed by atoms with Crippen molar-refractivity contribution in [2.45, 2.75) is 6.54 Å². The first-order valence-corrected chi connectivity index (χ1v) is 8.87. The van der Waals surface area contributed by atoms with E-state index in [1.54, 1.807) is 36.5 Å². The number of hydrogen-bond acceptors (Lipinski definition) is 3. The van der Waals surface area contributed by atoms with Gasteiger partial charge in [-0.3, -0.25) is 9.59 Å². The molecule has 1 amide bonds. The summed E-state index contributed by atoms with van der Waals surface area (Å²) in [6.45, 7) is 0.318. The molecule has 5 nitrogen and oxygen atoms in total. The van der Waals surface area contributed by atoms with Crippen LogP contribution in [0.4, 0.5) is 5.69 Å². The minimum absolute atomic E-state index is 0.182. The lowest BCUT2D eigenvalue weighted by Crippen LogP contribution is -2.20. The lowest BCUT2D eigenvalue weighted by atomic mass is 10.2. The van der Waals surface area contributed by atoms with Gasteiger partial charge in [0, 0.05) is 23.4 Å². The molecule has 0 spiro atoms. The molecule has 0 atom stereocenters. The predicted molar refractivity (Wildman–Crippen MR) is 105 cm³/mol. The van der Waals surface area contributed by atoms with Crippen LogP contribution in [0.25, 0.3) is 6.08 Å². The molecule has 0 aliphatic heterocycles. The van der Waals surface area contributed by atoms with Crippen molar-refractivity contribution in [3.05, 3.63) is 92.2 Å². The van der Waals surface area contributed by atoms with Crippen LogP contribution in [-0.2, 0) is 11.3 Å². The third-order valence-corrected chi connectivity index (χ3v) is 4.34. The maximum absolute atomic E-state index is 12.1. The van der Waals surface area contributed by atoms with E-state index in [2.05, 4.69) is 21.2 Å². The zero-order valence-electron chi connectivity index (χ0n) is 13.5. The maximum Gasteiger partial charge on any atom is 0.250 e. The molecule has 2 aromatic heterocycles. The van der Waals surface area contributed by atoms with E-state index in [1.165, 1.54) is 16.7 Å². The molecule has 3 rings (SSSR count). The number of furan rings is 1. The molecular formula is C19H14BrClN2O3. The fraction of sp³-hybridized carbons (Fsp3) is 0.0526. The first kappa shape index (κ1) is 18.2. The van der Waals surface area contributed by atoms with Gasteiger partial charge < -0.3 is 14.3 Å². The second kappa shape index (κ2) is 8.21. The van der Waals surface area contributed by atoms with Gasteiger partial charge >= 0.3 is 0 Å². The summed E-state index contributed by atoms with van der Waals surface area (Å²) in [6, 6.07) is 13.7. The van der Waals surface area contributed by atoms with E-state index in [4.69, 9.17) is 16.0 Å². The number of halogens is 2. The average molecular weight is 434 g/mol. The molecule has 0 saturated heterocycles. The van der Waals surface area contributed by atoms with Gasteiger partial charge in [-0.15, -0.1) is 0 Å². The predicted octanol–water partition coefficient (Wildman–Crippen LogP) is 4.56. The van der Waals surface area contributed by atoms with E-state index in [-0.39, 0.29) is 11.5 Å². The second-order valence-electron chi connectivity index (χ2n) is 5.44. The Balaban J connectivity index is 1.73. The number of nitrogens with one attached hydrogen (secondary N) is 1. The monoisotopic (exact) mass is 432 g/mol. The van der Waals surface area contributed by atoms with Gasteiger partial charge in [0.2, 0.25) is 5.91 Å². The Morgan fingerprint density at radius 3 is 2.73 bits per heavy atom. The number of nitrogens with zero attached hydrogens (tertiary/aromatic N) is 1. The van der Waals surface area contributed by atoms with Gasteiger partial charge in [0.15, 0.2) is 4.67 Å². The summed E-state index contributed by atoms with van der Waals surface area (Å²) in [5, 5.41) is 3.30. The highest BCUT2D eigenvalue weighted by atomic mass is 79.9. The van der Waals surface area contributed by atoms with Gasteiger partial charge in [0.1, 0.15) is 5.76 Å². The normalized spacial score (nSPS) is 11.0. The van der Waals surface area contributed by atoms with Crippen molar-refractivity contribution in [3.8, 4) is 0 Å². The van der Waals surface area contributed by atoms with Crippen LogP contribution < -0.4 is 10.9 Å². The minimum Gasteiger partial charge on any atom is -0.450 e. The van der Waals surface area contributed by atoms with Gasteiger partial charge in [0.05, 0.1) is 12.2 Å². The van der Waals surface area contributed by atoms with Crippen LogP contribution in [0.3, 0.4) is 0 Å². The summed E-state index contributed by atoms with van der Waals surface area (Å²) in [5.41, 5.74) is 1.15. The van der Waals surface area contributed by atoms with Gasteiger partial charge in [0.25, 0.3) is 5.56 Å². The molecule has 132 valence electrons. The molecule has 7 heteroatoms. The lowest BCUT2D eigenvalue weighted by molar-refractivity contribution is -0.111. The van der Waals surface area contributed by atoms with Crippen molar-refractivity contribution < 1.29 is 9.21 Å². The van der Waals surface area contributed by atoms with E-state index in [1.807, 2.05) is 18.2 Å². The summed E-state index contributed by atoms with van der Waals surface area (Å²) in [6.07, 6.45) is 4.50. The lowest BCUT2D eigenvalue weighted by Gasteiger charge is -2.10. The number of amides is 1. The number of carbonyl (C=O) groups excluding carboxylic acids is 1. The van der Waals surface area contributed by atoms with Crippen molar-refractivity contribution in [3.63, 3.8) is 0 Å². The number of benzene rings is 1. The quantitative estimate of drug-likeness (QED) is 0.600. The first-order valence-electron chi connectivity index (χ1n) is 7.69. The third kappa shape index (κ3) is 4.74. The fourth-order valence-corrected chi connectivity index (χ4v) is 2.81. The maximum atomic E-state index is 12.1. The Labute approximate surface area is 163 Å². The van der Waals surface area contributed by atoms with Gasteiger partial charge in [-0.2, -0.15) is 0 Å². The van der Waals surface area contributed by atoms with Gasteiger partial charge in [-0.25, -0.2) is 0 Å². The number of aromatic nitrogens is 1. The largest absolute Gasteiger partial charge is 0.450 e. The van der Waals surface area contributed by atoms with Crippen molar-refractivity contribution >= 4 is 45.2 Å². The van der Waals surface area contributed by atoms with E-state index < -0.39 is 0 Å². The molecule has 1 aromatic carbocycles. The second-order valence-corrected chi connectivity index (χ2v) is 6.63. The summed E-state index contributed by atoms with van der Waals surface area (Å²) in [7, 11) is 0. The Bertz CT molecular complexity index is 1020. The summed E-state index contributed by atoms with van der Waals surface area (Å²) in [5.74, 6) is 0.219. The highest BCUT2D eigenvalue weighted by Gasteiger charge is 2.05. The summed E-state index contributed by atoms with van der Waals surface area (Å²) < 4.78 is 7.37. The van der Waals surface area contributed by atoms with Crippen LogP contribution in [0.2, 0.25) is 5.02 Å². The van der Waals surface area contributed by atoms with Crippen molar-refractivity contribution in [1.29, 1.82) is 0 Å². The molecule has 0 radical (unpaired) electrons. The Kier molecular flexibility index (Phi) is 5.75. The van der Waals surface area contributed by atoms with Crippen LogP contribution in [-0.4, -0.2) is 10.5 Å². The SMILES string of the molecule is O=C(/C=C/c1ccc(Br)o1)Nc1ccc(=O)n(Cc2ccccc2Cl)c1. The van der Waals surface area contributed by atoms with E-state index in [0.29, 0.717) is 27.7 Å². The summed E-state index contributed by atoms with van der Waals surface area (Å²) >= 11 is 9.34. The Morgan fingerprint density at radius 2 is 2.00 bits per heavy atom. The van der Waals surface area contributed by atoms with Crippen LogP contribution >= 0.6 is 27.5 Å². The number of pyridine rings is 1. The zero-order valence-corrected chi connectivity index (χ0v) is 15.8. The molecule has 1 N–H and O–H groups in total. The molecule has 0 bridgehead atoms. The topological polar surface area (TPSA) is 64.2 Å². The highest BCUT2D eigenvalue weighted by Crippen LogP contribution is 2.17. The molecule has 0 saturated carbocycles. The smallest absolute Gasteiger partial charge is 0.250 e. The minimum atomic E-state index is -0.333. The van der Waals surface area contributed by atoms with Crippen LogP contribution in [0.5, 0.6) is 0 Å². The van der Waals surface area contributed by atoms with E-state index in [0.717, 1.165) is 5.56 Å². The van der Waals surface area contributed by atoms with Crippen LogP contribution in [0.1, 0.15) is 11.3 Å². The fourth-order valence-electron chi connectivity index (χ4n) is 2.30. The van der Waals surface area contributed by atoms with Gasteiger partial charge in [-0.1, -0.05) is 29.8 Å². The molecule has 26 heavy (non-hydrogen) atoms. The van der Waals surface area contributed by atoms with E-state index >= 15 is 0 Å². The molecule has 2 heterocycles. The molecule has 0 unspecified atom stereocenters. The molecular weight excluding hydrogens is 420 g/mol. The van der Waals surface area contributed by atoms with Crippen molar-refractivity contribution in [1.82, 2.24) is 4.57 Å². The third-order valence-electron chi connectivity index (χ3n) is 3.54. The van der Waals surface area contributed by atoms with Crippen molar-refractivity contribution in [2.75, 3.05) is 5.32 Å². The standard InChI is InChI=1S/C19H14BrClN2O3/c20-17-8-6-15(26-17)7-9-18(24)22-14-5-10-19(25)23(12-14)11-13-3-1-2-4-16(13)21/h1-10,12H,11H2,(H,22,24)/b9-7+. The highest BCUT2D eigenvalue weighted by molar-refractivity contribution is 9.10. The molecule has 0 aliphatic carbocycles. The Hall–Kier alpha value is -2.57. The molecule has 3 aromatic rings. The van der Waals surface area contributed by atoms with Crippen LogP contribution in [0, 0.1) is 0 Å². The Morgan fingerprint density at radius 1 is 1.19 bits per heavy atom. The zero-order chi connectivity index (χ0) is 18.5. The average Bonchev–Trinajstić information content (AvgIpc) is 3.03.